The molecule has 3 rings (SSSR count). The fourth-order valence-electron chi connectivity index (χ4n) is 2.61. The number of anilines is 1. The number of hydrogen-bond acceptors (Lipinski definition) is 4. The smallest absolute Gasteiger partial charge is 0.233 e. The van der Waals surface area contributed by atoms with Crippen LogP contribution in [0.25, 0.3) is 11.3 Å². The highest BCUT2D eigenvalue weighted by Gasteiger charge is 2.07. The SMILES string of the molecule is CCOc1ccc(-c2ccc(NC(=O)Cc3ccccc3C)cc2)nn1. The maximum atomic E-state index is 12.2. The van der Waals surface area contributed by atoms with Crippen LogP contribution in [0.2, 0.25) is 0 Å². The molecule has 0 saturated carbocycles. The number of ether oxygens (including phenoxy) is 1. The Kier molecular flexibility index (Phi) is 5.59. The Bertz CT molecular complexity index is 875. The lowest BCUT2D eigenvalue weighted by atomic mass is 10.1. The summed E-state index contributed by atoms with van der Waals surface area (Å²) < 4.78 is 5.30. The summed E-state index contributed by atoms with van der Waals surface area (Å²) >= 11 is 0. The number of aryl methyl sites for hydroxylation is 1. The van der Waals surface area contributed by atoms with Gasteiger partial charge in [-0.25, -0.2) is 0 Å². The number of amides is 1. The van der Waals surface area contributed by atoms with Gasteiger partial charge in [-0.15, -0.1) is 10.2 Å². The average molecular weight is 347 g/mol. The summed E-state index contributed by atoms with van der Waals surface area (Å²) in [4.78, 5) is 12.2. The van der Waals surface area contributed by atoms with Crippen molar-refractivity contribution in [1.29, 1.82) is 0 Å². The quantitative estimate of drug-likeness (QED) is 0.731. The molecule has 2 aromatic carbocycles. The minimum Gasteiger partial charge on any atom is -0.477 e. The van der Waals surface area contributed by atoms with Crippen molar-refractivity contribution >= 4 is 11.6 Å². The molecule has 5 heteroatoms. The van der Waals surface area contributed by atoms with E-state index in [1.165, 1.54) is 0 Å². The van der Waals surface area contributed by atoms with Crippen molar-refractivity contribution in [3.05, 3.63) is 71.8 Å². The van der Waals surface area contributed by atoms with Gasteiger partial charge in [0.25, 0.3) is 0 Å². The van der Waals surface area contributed by atoms with Gasteiger partial charge < -0.3 is 10.1 Å². The molecule has 0 spiro atoms. The summed E-state index contributed by atoms with van der Waals surface area (Å²) in [5.41, 5.74) is 4.59. The van der Waals surface area contributed by atoms with Crippen LogP contribution < -0.4 is 10.1 Å². The van der Waals surface area contributed by atoms with E-state index in [9.17, 15) is 4.79 Å². The summed E-state index contributed by atoms with van der Waals surface area (Å²) in [5.74, 6) is 0.476. The molecule has 1 aromatic heterocycles. The molecule has 0 saturated heterocycles. The Morgan fingerprint density at radius 2 is 1.77 bits per heavy atom. The normalized spacial score (nSPS) is 10.4. The van der Waals surface area contributed by atoms with E-state index in [-0.39, 0.29) is 5.91 Å². The first kappa shape index (κ1) is 17.6. The molecule has 1 amide bonds. The van der Waals surface area contributed by atoms with Crippen LogP contribution >= 0.6 is 0 Å². The van der Waals surface area contributed by atoms with Gasteiger partial charge in [-0.3, -0.25) is 4.79 Å². The fourth-order valence-corrected chi connectivity index (χ4v) is 2.61. The van der Waals surface area contributed by atoms with Gasteiger partial charge in [0.05, 0.1) is 18.7 Å². The molecular weight excluding hydrogens is 326 g/mol. The Morgan fingerprint density at radius 1 is 1.00 bits per heavy atom. The molecule has 0 aliphatic carbocycles. The molecule has 0 bridgehead atoms. The van der Waals surface area contributed by atoms with Gasteiger partial charge in [-0.05, 0) is 43.2 Å². The summed E-state index contributed by atoms with van der Waals surface area (Å²) in [6.07, 6.45) is 0.360. The third-order valence-electron chi connectivity index (χ3n) is 4.01. The summed E-state index contributed by atoms with van der Waals surface area (Å²) in [6.45, 7) is 4.47. The molecular formula is C21H21N3O2. The van der Waals surface area contributed by atoms with Crippen LogP contribution in [-0.2, 0) is 11.2 Å². The minimum atomic E-state index is -0.0343. The van der Waals surface area contributed by atoms with E-state index >= 15 is 0 Å². The second-order valence-corrected chi connectivity index (χ2v) is 5.92. The van der Waals surface area contributed by atoms with Crippen molar-refractivity contribution in [1.82, 2.24) is 10.2 Å². The number of carbonyl (C=O) groups excluding carboxylic acids is 1. The number of benzene rings is 2. The third kappa shape index (κ3) is 4.45. The van der Waals surface area contributed by atoms with E-state index in [1.54, 1.807) is 6.07 Å². The van der Waals surface area contributed by atoms with E-state index in [0.717, 1.165) is 28.1 Å². The van der Waals surface area contributed by atoms with Crippen LogP contribution in [0, 0.1) is 6.92 Å². The van der Waals surface area contributed by atoms with E-state index in [1.807, 2.05) is 68.4 Å². The van der Waals surface area contributed by atoms with Crippen LogP contribution in [0.4, 0.5) is 5.69 Å². The van der Waals surface area contributed by atoms with Crippen molar-refractivity contribution in [2.24, 2.45) is 0 Å². The van der Waals surface area contributed by atoms with Gasteiger partial charge in [0, 0.05) is 17.3 Å². The Morgan fingerprint density at radius 3 is 2.42 bits per heavy atom. The largest absolute Gasteiger partial charge is 0.477 e. The first-order valence-corrected chi connectivity index (χ1v) is 8.57. The van der Waals surface area contributed by atoms with Crippen molar-refractivity contribution in [3.8, 4) is 17.1 Å². The van der Waals surface area contributed by atoms with Gasteiger partial charge in [0.15, 0.2) is 0 Å². The second-order valence-electron chi connectivity index (χ2n) is 5.92. The number of hydrogen-bond donors (Lipinski definition) is 1. The molecule has 0 fully saturated rings. The standard InChI is InChI=1S/C21H21N3O2/c1-3-26-21-13-12-19(23-24-21)16-8-10-18(11-9-16)22-20(25)14-17-7-5-4-6-15(17)2/h4-13H,3,14H2,1-2H3,(H,22,25). The van der Waals surface area contributed by atoms with Crippen LogP contribution in [0.5, 0.6) is 5.88 Å². The highest BCUT2D eigenvalue weighted by Crippen LogP contribution is 2.20. The summed E-state index contributed by atoms with van der Waals surface area (Å²) in [7, 11) is 0. The van der Waals surface area contributed by atoms with Gasteiger partial charge >= 0.3 is 0 Å². The molecule has 1 N–H and O–H groups in total. The van der Waals surface area contributed by atoms with Crippen LogP contribution in [0.3, 0.4) is 0 Å². The van der Waals surface area contributed by atoms with Gasteiger partial charge in [0.2, 0.25) is 11.8 Å². The number of carbonyl (C=O) groups is 1. The van der Waals surface area contributed by atoms with Crippen LogP contribution in [0.15, 0.2) is 60.7 Å². The first-order valence-electron chi connectivity index (χ1n) is 8.57. The van der Waals surface area contributed by atoms with Gasteiger partial charge in [0.1, 0.15) is 0 Å². The topological polar surface area (TPSA) is 64.1 Å². The lowest BCUT2D eigenvalue weighted by Gasteiger charge is -2.08. The molecule has 0 radical (unpaired) electrons. The molecule has 1 heterocycles. The fraction of sp³-hybridized carbons (Fsp3) is 0.190. The zero-order chi connectivity index (χ0) is 18.4. The molecule has 0 aliphatic rings. The first-order chi connectivity index (χ1) is 12.7. The molecule has 0 unspecified atom stereocenters. The lowest BCUT2D eigenvalue weighted by Crippen LogP contribution is -2.14. The predicted octanol–water partition coefficient (Wildman–Crippen LogP) is 4.03. The Labute approximate surface area is 153 Å². The molecule has 5 nitrogen and oxygen atoms in total. The summed E-state index contributed by atoms with van der Waals surface area (Å²) in [5, 5.41) is 11.1. The highest BCUT2D eigenvalue weighted by molar-refractivity contribution is 5.92. The number of nitrogens with one attached hydrogen (secondary N) is 1. The van der Waals surface area contributed by atoms with Crippen LogP contribution in [-0.4, -0.2) is 22.7 Å². The van der Waals surface area contributed by atoms with E-state index in [4.69, 9.17) is 4.74 Å². The van der Waals surface area contributed by atoms with E-state index < -0.39 is 0 Å². The van der Waals surface area contributed by atoms with E-state index in [2.05, 4.69) is 15.5 Å². The Hall–Kier alpha value is -3.21. The molecule has 132 valence electrons. The van der Waals surface area contributed by atoms with Crippen molar-refractivity contribution < 1.29 is 9.53 Å². The maximum absolute atomic E-state index is 12.2. The van der Waals surface area contributed by atoms with Crippen molar-refractivity contribution in [3.63, 3.8) is 0 Å². The van der Waals surface area contributed by atoms with Crippen LogP contribution in [0.1, 0.15) is 18.1 Å². The third-order valence-corrected chi connectivity index (χ3v) is 4.01. The summed E-state index contributed by atoms with van der Waals surface area (Å²) in [6, 6.07) is 19.1. The second kappa shape index (κ2) is 8.25. The zero-order valence-electron chi connectivity index (χ0n) is 14.9. The monoisotopic (exact) mass is 347 g/mol. The van der Waals surface area contributed by atoms with E-state index in [0.29, 0.717) is 18.9 Å². The zero-order valence-corrected chi connectivity index (χ0v) is 14.9. The number of rotatable bonds is 6. The highest BCUT2D eigenvalue weighted by atomic mass is 16.5. The van der Waals surface area contributed by atoms with Gasteiger partial charge in [-0.1, -0.05) is 36.4 Å². The minimum absolute atomic E-state index is 0.0343. The molecule has 3 aromatic rings. The number of nitrogens with zero attached hydrogens (tertiary/aromatic N) is 2. The number of aromatic nitrogens is 2. The van der Waals surface area contributed by atoms with Crippen molar-refractivity contribution in [2.45, 2.75) is 20.3 Å². The average Bonchev–Trinajstić information content (AvgIpc) is 2.65. The molecule has 0 atom stereocenters. The Balaban J connectivity index is 1.64. The molecule has 0 aliphatic heterocycles. The van der Waals surface area contributed by atoms with Gasteiger partial charge in [-0.2, -0.15) is 0 Å². The van der Waals surface area contributed by atoms with Crippen molar-refractivity contribution in [2.75, 3.05) is 11.9 Å². The lowest BCUT2D eigenvalue weighted by molar-refractivity contribution is -0.115. The maximum Gasteiger partial charge on any atom is 0.233 e. The molecule has 26 heavy (non-hydrogen) atoms. The predicted molar refractivity (Wildman–Crippen MR) is 102 cm³/mol.